The van der Waals surface area contributed by atoms with E-state index in [2.05, 4.69) is 25.7 Å². The number of fused-ring (bicyclic) bond motifs is 1. The summed E-state index contributed by atoms with van der Waals surface area (Å²) >= 11 is 0. The Kier molecular flexibility index (Phi) is 3.09. The van der Waals surface area contributed by atoms with Crippen LogP contribution in [0.1, 0.15) is 46.5 Å². The van der Waals surface area contributed by atoms with Crippen LogP contribution in [0.3, 0.4) is 0 Å². The Morgan fingerprint density at radius 2 is 1.60 bits per heavy atom. The highest BCUT2D eigenvalue weighted by molar-refractivity contribution is 5.11. The molecule has 15 heavy (non-hydrogen) atoms. The highest BCUT2D eigenvalue weighted by atomic mass is 15.3. The normalized spacial score (nSPS) is 35.6. The van der Waals surface area contributed by atoms with E-state index >= 15 is 0 Å². The molecule has 2 atom stereocenters. The molecule has 0 bridgehead atoms. The van der Waals surface area contributed by atoms with Crippen LogP contribution in [-0.4, -0.2) is 29.6 Å². The van der Waals surface area contributed by atoms with Crippen LogP contribution >= 0.6 is 0 Å². The Labute approximate surface area is 94.2 Å². The lowest BCUT2D eigenvalue weighted by Gasteiger charge is -2.40. The Bertz CT molecular complexity index is 209. The first-order valence-electron chi connectivity index (χ1n) is 6.63. The highest BCUT2D eigenvalue weighted by Crippen LogP contribution is 2.47. The van der Waals surface area contributed by atoms with Crippen molar-refractivity contribution in [3.8, 4) is 0 Å². The number of likely N-dealkylation sites (tertiary alicyclic amines) is 1. The van der Waals surface area contributed by atoms with Gasteiger partial charge in [-0.2, -0.15) is 0 Å². The molecule has 0 aromatic rings. The molecule has 2 rings (SSSR count). The zero-order valence-corrected chi connectivity index (χ0v) is 10.5. The summed E-state index contributed by atoms with van der Waals surface area (Å²) in [4.78, 5) is 2.72. The highest BCUT2D eigenvalue weighted by Gasteiger charge is 2.56. The van der Waals surface area contributed by atoms with Crippen LogP contribution in [0.15, 0.2) is 0 Å². The topological polar surface area (TPSA) is 29.3 Å². The molecule has 0 aromatic carbocycles. The van der Waals surface area contributed by atoms with Crippen LogP contribution in [0, 0.1) is 11.8 Å². The molecule has 1 aliphatic heterocycles. The molecule has 2 fully saturated rings. The zero-order valence-electron chi connectivity index (χ0n) is 10.5. The summed E-state index contributed by atoms with van der Waals surface area (Å²) < 4.78 is 0. The summed E-state index contributed by atoms with van der Waals surface area (Å²) in [6.07, 6.45) is 5.29. The molecule has 2 unspecified atom stereocenters. The molecule has 0 amide bonds. The predicted octanol–water partition coefficient (Wildman–Crippen LogP) is 2.23. The van der Waals surface area contributed by atoms with Gasteiger partial charge >= 0.3 is 0 Å². The number of hydrogen-bond acceptors (Lipinski definition) is 2. The number of rotatable bonds is 5. The van der Waals surface area contributed by atoms with Crippen molar-refractivity contribution >= 4 is 0 Å². The molecule has 2 N–H and O–H groups in total. The molecule has 2 aliphatic rings. The van der Waals surface area contributed by atoms with Crippen LogP contribution in [-0.2, 0) is 0 Å². The molecule has 2 nitrogen and oxygen atoms in total. The van der Waals surface area contributed by atoms with E-state index in [9.17, 15) is 0 Å². The quantitative estimate of drug-likeness (QED) is 0.754. The van der Waals surface area contributed by atoms with Gasteiger partial charge in [-0.15, -0.1) is 0 Å². The van der Waals surface area contributed by atoms with E-state index in [0.717, 1.165) is 11.8 Å². The van der Waals surface area contributed by atoms with E-state index < -0.39 is 0 Å². The average Bonchev–Trinajstić information content (AvgIpc) is 2.66. The van der Waals surface area contributed by atoms with Gasteiger partial charge in [0.05, 0.1) is 0 Å². The zero-order chi connectivity index (χ0) is 11.1. The molecule has 1 saturated heterocycles. The first-order valence-corrected chi connectivity index (χ1v) is 6.63. The second-order valence-electron chi connectivity index (χ2n) is 5.81. The summed E-state index contributed by atoms with van der Waals surface area (Å²) in [6.45, 7) is 9.59. The molecule has 0 aromatic heterocycles. The van der Waals surface area contributed by atoms with Gasteiger partial charge in [0.2, 0.25) is 0 Å². The van der Waals surface area contributed by atoms with Gasteiger partial charge < -0.3 is 5.73 Å². The number of hydrogen-bond donors (Lipinski definition) is 1. The second kappa shape index (κ2) is 4.06. The van der Waals surface area contributed by atoms with E-state index in [0.29, 0.717) is 11.6 Å². The summed E-state index contributed by atoms with van der Waals surface area (Å²) in [5, 5.41) is 0. The smallest absolute Gasteiger partial charge is 0.0181 e. The monoisotopic (exact) mass is 210 g/mol. The van der Waals surface area contributed by atoms with Crippen molar-refractivity contribution in [2.75, 3.05) is 13.1 Å². The van der Waals surface area contributed by atoms with E-state index in [1.54, 1.807) is 0 Å². The predicted molar refractivity (Wildman–Crippen MR) is 64.7 cm³/mol. The van der Waals surface area contributed by atoms with Gasteiger partial charge in [0.25, 0.3) is 0 Å². The molecular weight excluding hydrogens is 184 g/mol. The van der Waals surface area contributed by atoms with Gasteiger partial charge in [-0.05, 0) is 31.6 Å². The largest absolute Gasteiger partial charge is 0.327 e. The van der Waals surface area contributed by atoms with Gasteiger partial charge in [-0.3, -0.25) is 4.90 Å². The minimum atomic E-state index is 0.455. The Hall–Kier alpha value is -0.0800. The first-order chi connectivity index (χ1) is 7.12. The molecule has 1 aliphatic carbocycles. The lowest BCUT2D eigenvalue weighted by Crippen LogP contribution is -2.47. The van der Waals surface area contributed by atoms with Crippen molar-refractivity contribution < 1.29 is 0 Å². The minimum Gasteiger partial charge on any atom is -0.327 e. The third-order valence-corrected chi connectivity index (χ3v) is 4.60. The third-order valence-electron chi connectivity index (χ3n) is 4.60. The molecule has 2 heteroatoms. The SMILES string of the molecule is CCCC(C)(CCC)N1CC2C(N)C2C1. The van der Waals surface area contributed by atoms with E-state index in [1.165, 1.54) is 38.8 Å². The maximum atomic E-state index is 6.00. The van der Waals surface area contributed by atoms with Crippen molar-refractivity contribution in [1.29, 1.82) is 0 Å². The number of piperidine rings is 1. The lowest BCUT2D eigenvalue weighted by atomic mass is 9.89. The van der Waals surface area contributed by atoms with Crippen molar-refractivity contribution in [3.63, 3.8) is 0 Å². The van der Waals surface area contributed by atoms with Crippen molar-refractivity contribution in [1.82, 2.24) is 4.90 Å². The fraction of sp³-hybridized carbons (Fsp3) is 1.00. The van der Waals surface area contributed by atoms with Crippen LogP contribution < -0.4 is 5.73 Å². The van der Waals surface area contributed by atoms with Crippen molar-refractivity contribution in [3.05, 3.63) is 0 Å². The van der Waals surface area contributed by atoms with Crippen LogP contribution in [0.5, 0.6) is 0 Å². The van der Waals surface area contributed by atoms with Crippen LogP contribution in [0.4, 0.5) is 0 Å². The molecule has 1 heterocycles. The van der Waals surface area contributed by atoms with Crippen LogP contribution in [0.2, 0.25) is 0 Å². The van der Waals surface area contributed by atoms with Crippen molar-refractivity contribution in [2.24, 2.45) is 17.6 Å². The lowest BCUT2D eigenvalue weighted by molar-refractivity contribution is 0.0961. The van der Waals surface area contributed by atoms with Crippen LogP contribution in [0.25, 0.3) is 0 Å². The van der Waals surface area contributed by atoms with Gasteiger partial charge in [0.15, 0.2) is 0 Å². The summed E-state index contributed by atoms with van der Waals surface area (Å²) in [7, 11) is 0. The summed E-state index contributed by atoms with van der Waals surface area (Å²) in [6, 6.07) is 0.536. The average molecular weight is 210 g/mol. The summed E-state index contributed by atoms with van der Waals surface area (Å²) in [5.74, 6) is 1.66. The standard InChI is InChI=1S/C13H26N2/c1-4-6-13(3,7-5-2)15-8-10-11(9-15)12(10)14/h10-12H,4-9,14H2,1-3H3. The van der Waals surface area contributed by atoms with E-state index in [4.69, 9.17) is 5.73 Å². The fourth-order valence-electron chi connectivity index (χ4n) is 3.53. The minimum absolute atomic E-state index is 0.455. The van der Waals surface area contributed by atoms with Crippen molar-refractivity contribution in [2.45, 2.75) is 58.0 Å². The maximum absolute atomic E-state index is 6.00. The summed E-state index contributed by atoms with van der Waals surface area (Å²) in [5.41, 5.74) is 6.45. The molecule has 1 saturated carbocycles. The molecular formula is C13H26N2. The van der Waals surface area contributed by atoms with E-state index in [1.807, 2.05) is 0 Å². The van der Waals surface area contributed by atoms with E-state index in [-0.39, 0.29) is 0 Å². The fourth-order valence-corrected chi connectivity index (χ4v) is 3.53. The molecule has 88 valence electrons. The van der Waals surface area contributed by atoms with Gasteiger partial charge in [0.1, 0.15) is 0 Å². The maximum Gasteiger partial charge on any atom is 0.0181 e. The van der Waals surface area contributed by atoms with Gasteiger partial charge in [0, 0.05) is 24.7 Å². The third kappa shape index (κ3) is 1.94. The second-order valence-corrected chi connectivity index (χ2v) is 5.81. The molecule has 0 radical (unpaired) electrons. The van der Waals surface area contributed by atoms with Gasteiger partial charge in [-0.1, -0.05) is 26.7 Å². The van der Waals surface area contributed by atoms with Gasteiger partial charge in [-0.25, -0.2) is 0 Å². The Morgan fingerprint density at radius 3 is 2.00 bits per heavy atom. The number of nitrogens with two attached hydrogens (primary N) is 1. The first kappa shape index (κ1) is 11.4. The molecule has 0 spiro atoms. The Morgan fingerprint density at radius 1 is 1.13 bits per heavy atom. The number of nitrogens with zero attached hydrogens (tertiary/aromatic N) is 1. The Balaban J connectivity index is 1.94.